The summed E-state index contributed by atoms with van der Waals surface area (Å²) in [6, 6.07) is 1.39. The number of hydrogen-bond acceptors (Lipinski definition) is 5. The first kappa shape index (κ1) is 15.5. The van der Waals surface area contributed by atoms with Gasteiger partial charge in [0.25, 0.3) is 0 Å². The topological polar surface area (TPSA) is 83.5 Å². The van der Waals surface area contributed by atoms with Crippen LogP contribution in [0.3, 0.4) is 0 Å². The lowest BCUT2D eigenvalue weighted by molar-refractivity contribution is 0.0701. The van der Waals surface area contributed by atoms with Gasteiger partial charge in [-0.3, -0.25) is 0 Å². The maximum absolute atomic E-state index is 11.9. The molecule has 102 valence electrons. The molecule has 0 radical (unpaired) electrons. The van der Waals surface area contributed by atoms with Crippen LogP contribution in [0.2, 0.25) is 0 Å². The number of carboxylic acid groups (broad SMARTS) is 1. The van der Waals surface area contributed by atoms with E-state index in [1.165, 1.54) is 6.07 Å². The van der Waals surface area contributed by atoms with Crippen LogP contribution in [0.5, 0.6) is 0 Å². The second-order valence-electron chi connectivity index (χ2n) is 3.78. The van der Waals surface area contributed by atoms with Crippen LogP contribution in [-0.2, 0) is 10.0 Å². The summed E-state index contributed by atoms with van der Waals surface area (Å²) in [5, 5.41) is 9.06. The minimum atomic E-state index is -3.61. The van der Waals surface area contributed by atoms with Gasteiger partial charge in [0.1, 0.15) is 9.09 Å². The molecule has 0 fully saturated rings. The monoisotopic (exact) mass is 309 g/mol. The predicted molar refractivity (Wildman–Crippen MR) is 74.2 cm³/mol. The third-order valence-corrected chi connectivity index (χ3v) is 6.41. The summed E-state index contributed by atoms with van der Waals surface area (Å²) < 4.78 is 26.4. The van der Waals surface area contributed by atoms with E-state index in [-0.39, 0.29) is 14.3 Å². The first-order chi connectivity index (χ1) is 8.27. The van der Waals surface area contributed by atoms with E-state index in [1.807, 2.05) is 13.2 Å². The van der Waals surface area contributed by atoms with E-state index < -0.39 is 16.0 Å². The van der Waals surface area contributed by atoms with Gasteiger partial charge in [0.05, 0.1) is 0 Å². The summed E-state index contributed by atoms with van der Waals surface area (Å²) in [4.78, 5) is 10.9. The summed E-state index contributed by atoms with van der Waals surface area (Å²) in [5.74, 6) is -1.10. The molecule has 0 aliphatic carbocycles. The normalized spacial score (nSPS) is 13.5. The van der Waals surface area contributed by atoms with E-state index in [1.54, 1.807) is 18.7 Å². The number of carbonyl (C=O) groups is 1. The number of hydrogen-bond donors (Lipinski definition) is 2. The average Bonchev–Trinajstić information content (AvgIpc) is 2.69. The smallest absolute Gasteiger partial charge is 0.346 e. The van der Waals surface area contributed by atoms with Crippen LogP contribution in [0.25, 0.3) is 0 Å². The maximum atomic E-state index is 11.9. The Kier molecular flexibility index (Phi) is 5.20. The van der Waals surface area contributed by atoms with Crippen LogP contribution in [0.1, 0.15) is 22.2 Å². The van der Waals surface area contributed by atoms with E-state index >= 15 is 0 Å². The summed E-state index contributed by atoms with van der Waals surface area (Å²) in [7, 11) is -3.61. The number of sulfonamides is 1. The molecule has 1 rings (SSSR count). The van der Waals surface area contributed by atoms with Crippen molar-refractivity contribution in [3.8, 4) is 0 Å². The second-order valence-corrected chi connectivity index (χ2v) is 8.10. The van der Waals surface area contributed by atoms with Crippen LogP contribution in [0, 0.1) is 6.92 Å². The largest absolute Gasteiger partial charge is 0.477 e. The fourth-order valence-corrected chi connectivity index (χ4v) is 4.09. The summed E-state index contributed by atoms with van der Waals surface area (Å²) in [5.41, 5.74) is 0.464. The number of aryl methyl sites for hydroxylation is 1. The minimum absolute atomic E-state index is 0.0469. The van der Waals surface area contributed by atoms with Crippen molar-refractivity contribution >= 4 is 39.1 Å². The molecule has 18 heavy (non-hydrogen) atoms. The molecule has 0 spiro atoms. The van der Waals surface area contributed by atoms with Gasteiger partial charge in [0, 0.05) is 11.8 Å². The molecule has 0 saturated heterocycles. The van der Waals surface area contributed by atoms with Crippen molar-refractivity contribution in [3.63, 3.8) is 0 Å². The lowest BCUT2D eigenvalue weighted by atomic mass is 10.3. The van der Waals surface area contributed by atoms with Crippen LogP contribution in [0.15, 0.2) is 10.3 Å². The molecule has 0 amide bonds. The quantitative estimate of drug-likeness (QED) is 0.837. The molecule has 0 aromatic carbocycles. The SMILES string of the molecule is CSC(C)CNS(=O)(=O)c1cc(C)c(C(=O)O)s1. The lowest BCUT2D eigenvalue weighted by Gasteiger charge is -2.09. The number of aromatic carboxylic acids is 1. The fourth-order valence-electron chi connectivity index (χ4n) is 1.18. The molecule has 0 aliphatic rings. The van der Waals surface area contributed by atoms with Gasteiger partial charge in [0.15, 0.2) is 0 Å². The zero-order valence-electron chi connectivity index (χ0n) is 10.3. The van der Waals surface area contributed by atoms with E-state index in [2.05, 4.69) is 4.72 Å². The van der Waals surface area contributed by atoms with Crippen molar-refractivity contribution < 1.29 is 18.3 Å². The van der Waals surface area contributed by atoms with Gasteiger partial charge < -0.3 is 5.11 Å². The Bertz CT molecular complexity index is 535. The van der Waals surface area contributed by atoms with Gasteiger partial charge in [-0.15, -0.1) is 11.3 Å². The Labute approximate surface area is 115 Å². The molecule has 5 nitrogen and oxygen atoms in total. The lowest BCUT2D eigenvalue weighted by Crippen LogP contribution is -2.28. The second kappa shape index (κ2) is 6.05. The van der Waals surface area contributed by atoms with Crippen molar-refractivity contribution in [1.82, 2.24) is 4.72 Å². The highest BCUT2D eigenvalue weighted by Crippen LogP contribution is 2.25. The van der Waals surface area contributed by atoms with Crippen molar-refractivity contribution in [2.45, 2.75) is 23.3 Å². The van der Waals surface area contributed by atoms with E-state index in [0.29, 0.717) is 12.1 Å². The molecular formula is C10H15NO4S3. The molecule has 1 unspecified atom stereocenters. The van der Waals surface area contributed by atoms with Crippen molar-refractivity contribution in [1.29, 1.82) is 0 Å². The standard InChI is InChI=1S/C10H15NO4S3/c1-6-4-8(17-9(6)10(12)13)18(14,15)11-5-7(2)16-3/h4,7,11H,5H2,1-3H3,(H,12,13). The first-order valence-corrected chi connectivity index (χ1v) is 8.73. The van der Waals surface area contributed by atoms with Crippen molar-refractivity contribution in [2.24, 2.45) is 0 Å². The zero-order valence-corrected chi connectivity index (χ0v) is 12.7. The number of thiophene rings is 1. The molecule has 0 bridgehead atoms. The van der Waals surface area contributed by atoms with Gasteiger partial charge in [-0.2, -0.15) is 11.8 Å². The molecule has 0 saturated carbocycles. The Morgan fingerprint density at radius 1 is 1.61 bits per heavy atom. The Morgan fingerprint density at radius 3 is 2.67 bits per heavy atom. The van der Waals surface area contributed by atoms with Gasteiger partial charge in [-0.25, -0.2) is 17.9 Å². The van der Waals surface area contributed by atoms with Crippen LogP contribution in [-0.4, -0.2) is 37.5 Å². The van der Waals surface area contributed by atoms with Gasteiger partial charge >= 0.3 is 5.97 Å². The first-order valence-electron chi connectivity index (χ1n) is 5.14. The fraction of sp³-hybridized carbons (Fsp3) is 0.500. The van der Waals surface area contributed by atoms with E-state index in [9.17, 15) is 13.2 Å². The van der Waals surface area contributed by atoms with E-state index in [0.717, 1.165) is 11.3 Å². The zero-order chi connectivity index (χ0) is 13.9. The number of carboxylic acids is 1. The molecule has 1 aromatic heterocycles. The molecule has 1 heterocycles. The molecule has 1 aromatic rings. The van der Waals surface area contributed by atoms with Crippen molar-refractivity contribution in [2.75, 3.05) is 12.8 Å². The summed E-state index contributed by atoms with van der Waals surface area (Å²) in [6.45, 7) is 3.82. The molecule has 1 atom stereocenters. The van der Waals surface area contributed by atoms with E-state index in [4.69, 9.17) is 5.11 Å². The Hall–Kier alpha value is -0.570. The highest BCUT2D eigenvalue weighted by Gasteiger charge is 2.21. The van der Waals surface area contributed by atoms with Gasteiger partial charge in [-0.05, 0) is 24.8 Å². The van der Waals surface area contributed by atoms with Crippen LogP contribution < -0.4 is 4.72 Å². The van der Waals surface area contributed by atoms with Crippen LogP contribution in [0.4, 0.5) is 0 Å². The summed E-state index contributed by atoms with van der Waals surface area (Å²) >= 11 is 2.33. The molecule has 2 N–H and O–H groups in total. The Morgan fingerprint density at radius 2 is 2.22 bits per heavy atom. The third-order valence-electron chi connectivity index (χ3n) is 2.32. The number of thioether (sulfide) groups is 1. The number of nitrogens with one attached hydrogen (secondary N) is 1. The van der Waals surface area contributed by atoms with Crippen molar-refractivity contribution in [3.05, 3.63) is 16.5 Å². The predicted octanol–water partition coefficient (Wildman–Crippen LogP) is 1.78. The highest BCUT2D eigenvalue weighted by molar-refractivity contribution is 7.99. The summed E-state index contributed by atoms with van der Waals surface area (Å²) in [6.07, 6.45) is 1.90. The van der Waals surface area contributed by atoms with Crippen LogP contribution >= 0.6 is 23.1 Å². The maximum Gasteiger partial charge on any atom is 0.346 e. The highest BCUT2D eigenvalue weighted by atomic mass is 32.2. The Balaban J connectivity index is 2.92. The van der Waals surface area contributed by atoms with Gasteiger partial charge in [0.2, 0.25) is 10.0 Å². The minimum Gasteiger partial charge on any atom is -0.477 e. The molecular weight excluding hydrogens is 294 g/mol. The average molecular weight is 309 g/mol. The third kappa shape index (κ3) is 3.71. The number of rotatable bonds is 6. The van der Waals surface area contributed by atoms with Gasteiger partial charge in [-0.1, -0.05) is 6.92 Å². The molecule has 8 heteroatoms. The molecule has 0 aliphatic heterocycles.